The predicted octanol–water partition coefficient (Wildman–Crippen LogP) is 2.37. The number of hydrogen-bond acceptors (Lipinski definition) is 3. The highest BCUT2D eigenvalue weighted by atomic mass is 35.5. The van der Waals surface area contributed by atoms with Crippen molar-refractivity contribution < 1.29 is 14.3 Å². The molecule has 1 unspecified atom stereocenters. The van der Waals surface area contributed by atoms with Gasteiger partial charge in [-0.1, -0.05) is 11.6 Å². The normalized spacial score (nSPS) is 12.2. The van der Waals surface area contributed by atoms with Gasteiger partial charge in [0, 0.05) is 12.1 Å². The van der Waals surface area contributed by atoms with Gasteiger partial charge in [-0.2, -0.15) is 5.10 Å². The van der Waals surface area contributed by atoms with Gasteiger partial charge in [0.05, 0.1) is 28.6 Å². The molecule has 1 atom stereocenters. The van der Waals surface area contributed by atoms with Gasteiger partial charge < -0.3 is 10.4 Å². The molecule has 0 saturated carbocycles. The van der Waals surface area contributed by atoms with Crippen molar-refractivity contribution in [2.75, 3.05) is 6.54 Å². The quantitative estimate of drug-likeness (QED) is 0.793. The highest BCUT2D eigenvalue weighted by Crippen LogP contribution is 2.25. The maximum absolute atomic E-state index is 13.2. The van der Waals surface area contributed by atoms with Gasteiger partial charge in [0.25, 0.3) is 5.91 Å². The van der Waals surface area contributed by atoms with Gasteiger partial charge in [-0.3, -0.25) is 9.89 Å². The van der Waals surface area contributed by atoms with E-state index < -0.39 is 11.9 Å². The molecule has 2 rings (SSSR count). The topological polar surface area (TPSA) is 78.0 Å². The summed E-state index contributed by atoms with van der Waals surface area (Å²) in [6, 6.07) is 4.17. The largest absolute Gasteiger partial charge is 0.393 e. The minimum atomic E-state index is -0.525. The third-order valence-corrected chi connectivity index (χ3v) is 3.23. The minimum absolute atomic E-state index is 0.0254. The Morgan fingerprint density at radius 3 is 3.00 bits per heavy atom. The van der Waals surface area contributed by atoms with Crippen molar-refractivity contribution in [1.82, 2.24) is 15.5 Å². The molecule has 0 radical (unpaired) electrons. The summed E-state index contributed by atoms with van der Waals surface area (Å²) < 4.78 is 13.2. The van der Waals surface area contributed by atoms with Gasteiger partial charge in [-0.15, -0.1) is 0 Å². The Balaban J connectivity index is 2.18. The molecule has 0 aliphatic carbocycles. The molecule has 2 aromatic rings. The van der Waals surface area contributed by atoms with Crippen LogP contribution in [0, 0.1) is 5.82 Å². The second kappa shape index (κ2) is 6.69. The van der Waals surface area contributed by atoms with E-state index in [9.17, 15) is 9.18 Å². The summed E-state index contributed by atoms with van der Waals surface area (Å²) in [7, 11) is 0. The summed E-state index contributed by atoms with van der Waals surface area (Å²) in [6.45, 7) is 2.00. The summed E-state index contributed by atoms with van der Waals surface area (Å²) in [5, 5.41) is 18.4. The van der Waals surface area contributed by atoms with E-state index in [0.29, 0.717) is 29.8 Å². The molecule has 0 aliphatic rings. The number of carbonyl (C=O) groups excluding carboxylic acids is 1. The number of benzene rings is 1. The molecule has 3 N–H and O–H groups in total. The number of nitrogens with one attached hydrogen (secondary N) is 2. The van der Waals surface area contributed by atoms with E-state index in [4.69, 9.17) is 16.7 Å². The zero-order chi connectivity index (χ0) is 15.4. The fourth-order valence-electron chi connectivity index (χ4n) is 1.82. The van der Waals surface area contributed by atoms with Crippen molar-refractivity contribution in [3.05, 3.63) is 40.8 Å². The number of rotatable bonds is 5. The van der Waals surface area contributed by atoms with Gasteiger partial charge in [0.2, 0.25) is 0 Å². The fourth-order valence-corrected chi connectivity index (χ4v) is 2.00. The Kier molecular flexibility index (Phi) is 4.93. The first-order valence-electron chi connectivity index (χ1n) is 6.44. The van der Waals surface area contributed by atoms with Gasteiger partial charge in [-0.25, -0.2) is 4.39 Å². The van der Waals surface area contributed by atoms with Crippen molar-refractivity contribution >= 4 is 17.5 Å². The monoisotopic (exact) mass is 311 g/mol. The Hall–Kier alpha value is -1.92. The third kappa shape index (κ3) is 3.80. The molecule has 5 nitrogen and oxygen atoms in total. The van der Waals surface area contributed by atoms with Crippen molar-refractivity contribution in [3.8, 4) is 11.3 Å². The lowest BCUT2D eigenvalue weighted by Gasteiger charge is -2.07. The summed E-state index contributed by atoms with van der Waals surface area (Å²) in [5.41, 5.74) is 1.37. The molecule has 21 heavy (non-hydrogen) atoms. The molecule has 0 saturated heterocycles. The van der Waals surface area contributed by atoms with Crippen LogP contribution in [0.3, 0.4) is 0 Å². The van der Waals surface area contributed by atoms with Crippen molar-refractivity contribution in [2.45, 2.75) is 19.4 Å². The first kappa shape index (κ1) is 15.5. The molecule has 0 bridgehead atoms. The SMILES string of the molecule is CC(O)CCNC(=O)c1cn[nH]c1-c1ccc(F)c(Cl)c1. The van der Waals surface area contributed by atoms with Crippen LogP contribution in [0.1, 0.15) is 23.7 Å². The van der Waals surface area contributed by atoms with Crippen LogP contribution in [0.2, 0.25) is 5.02 Å². The highest BCUT2D eigenvalue weighted by molar-refractivity contribution is 6.31. The summed E-state index contributed by atoms with van der Waals surface area (Å²) >= 11 is 5.74. The zero-order valence-corrected chi connectivity index (χ0v) is 12.1. The lowest BCUT2D eigenvalue weighted by molar-refractivity contribution is 0.0946. The Morgan fingerprint density at radius 1 is 1.57 bits per heavy atom. The van der Waals surface area contributed by atoms with E-state index in [0.717, 1.165) is 0 Å². The molecular weight excluding hydrogens is 297 g/mol. The molecular formula is C14H15ClFN3O2. The first-order chi connectivity index (χ1) is 9.99. The number of aliphatic hydroxyl groups excluding tert-OH is 1. The van der Waals surface area contributed by atoms with Crippen LogP contribution in [0.15, 0.2) is 24.4 Å². The third-order valence-electron chi connectivity index (χ3n) is 2.94. The van der Waals surface area contributed by atoms with Crippen LogP contribution >= 0.6 is 11.6 Å². The molecule has 0 aliphatic heterocycles. The molecule has 7 heteroatoms. The van der Waals surface area contributed by atoms with Gasteiger partial charge >= 0.3 is 0 Å². The molecule has 112 valence electrons. The lowest BCUT2D eigenvalue weighted by Crippen LogP contribution is -2.26. The van der Waals surface area contributed by atoms with Crippen LogP contribution in [0.4, 0.5) is 4.39 Å². The Bertz CT molecular complexity index is 643. The number of aromatic nitrogens is 2. The summed E-state index contributed by atoms with van der Waals surface area (Å²) in [6.07, 6.45) is 1.37. The second-order valence-corrected chi connectivity index (χ2v) is 5.09. The van der Waals surface area contributed by atoms with E-state index in [-0.39, 0.29) is 10.9 Å². The van der Waals surface area contributed by atoms with Crippen LogP contribution in [0.5, 0.6) is 0 Å². The van der Waals surface area contributed by atoms with Crippen LogP contribution < -0.4 is 5.32 Å². The average molecular weight is 312 g/mol. The van der Waals surface area contributed by atoms with Crippen LogP contribution in [0.25, 0.3) is 11.3 Å². The fraction of sp³-hybridized carbons (Fsp3) is 0.286. The highest BCUT2D eigenvalue weighted by Gasteiger charge is 2.16. The number of aromatic amines is 1. The van der Waals surface area contributed by atoms with Crippen molar-refractivity contribution in [2.24, 2.45) is 0 Å². The van der Waals surface area contributed by atoms with E-state index in [2.05, 4.69) is 15.5 Å². The van der Waals surface area contributed by atoms with E-state index >= 15 is 0 Å². The van der Waals surface area contributed by atoms with E-state index in [1.165, 1.54) is 24.4 Å². The van der Waals surface area contributed by atoms with Gasteiger partial charge in [0.1, 0.15) is 5.82 Å². The maximum atomic E-state index is 13.2. The van der Waals surface area contributed by atoms with Crippen LogP contribution in [-0.4, -0.2) is 33.9 Å². The number of hydrogen-bond donors (Lipinski definition) is 3. The smallest absolute Gasteiger partial charge is 0.255 e. The number of halogens is 2. The van der Waals surface area contributed by atoms with E-state index in [1.807, 2.05) is 0 Å². The summed E-state index contributed by atoms with van der Waals surface area (Å²) in [5.74, 6) is -0.845. The van der Waals surface area contributed by atoms with Crippen LogP contribution in [-0.2, 0) is 0 Å². The summed E-state index contributed by atoms with van der Waals surface area (Å²) in [4.78, 5) is 12.1. The molecule has 0 fully saturated rings. The zero-order valence-electron chi connectivity index (χ0n) is 11.4. The Morgan fingerprint density at radius 2 is 2.33 bits per heavy atom. The number of carbonyl (C=O) groups is 1. The van der Waals surface area contributed by atoms with E-state index in [1.54, 1.807) is 6.92 Å². The number of nitrogens with zero attached hydrogens (tertiary/aromatic N) is 1. The molecule has 1 amide bonds. The second-order valence-electron chi connectivity index (χ2n) is 4.68. The minimum Gasteiger partial charge on any atom is -0.393 e. The molecule has 1 heterocycles. The van der Waals surface area contributed by atoms with Gasteiger partial charge in [-0.05, 0) is 31.5 Å². The molecule has 1 aromatic carbocycles. The maximum Gasteiger partial charge on any atom is 0.255 e. The standard InChI is InChI=1S/C14H15ClFN3O2/c1-8(20)4-5-17-14(21)10-7-18-19-13(10)9-2-3-12(16)11(15)6-9/h2-3,6-8,20H,4-5H2,1H3,(H,17,21)(H,18,19). The number of aliphatic hydroxyl groups is 1. The average Bonchev–Trinajstić information content (AvgIpc) is 2.90. The van der Waals surface area contributed by atoms with Crippen molar-refractivity contribution in [3.63, 3.8) is 0 Å². The number of H-pyrrole nitrogens is 1. The molecule has 0 spiro atoms. The first-order valence-corrected chi connectivity index (χ1v) is 6.82. The molecule has 1 aromatic heterocycles. The van der Waals surface area contributed by atoms with Crippen molar-refractivity contribution in [1.29, 1.82) is 0 Å². The predicted molar refractivity (Wildman–Crippen MR) is 77.6 cm³/mol. The van der Waals surface area contributed by atoms with Gasteiger partial charge in [0.15, 0.2) is 0 Å². The number of amides is 1. The lowest BCUT2D eigenvalue weighted by atomic mass is 10.1. The Labute approximate surface area is 126 Å².